The van der Waals surface area contributed by atoms with Crippen molar-refractivity contribution >= 4 is 39.5 Å². The molecule has 0 saturated carbocycles. The summed E-state index contributed by atoms with van der Waals surface area (Å²) in [7, 11) is 1.36. The molecule has 32 heavy (non-hydrogen) atoms. The molecule has 0 aliphatic rings. The number of amides is 1. The number of unbranched alkanes of at least 4 members (excludes halogenated alkanes) is 1. The number of para-hydroxylation sites is 1. The number of nitrogens with one attached hydrogen (secondary N) is 1. The van der Waals surface area contributed by atoms with Crippen molar-refractivity contribution in [1.82, 2.24) is 19.1 Å². The number of fused-ring (bicyclic) bond motifs is 3. The number of aromatic amines is 1. The predicted octanol–water partition coefficient (Wildman–Crippen LogP) is 1.04. The van der Waals surface area contributed by atoms with Gasteiger partial charge >= 0.3 is 5.69 Å². The van der Waals surface area contributed by atoms with Crippen molar-refractivity contribution in [3.8, 4) is 0 Å². The van der Waals surface area contributed by atoms with Crippen LogP contribution >= 0.6 is 0 Å². The number of carbonyl (C=O) groups excluding carboxylic acids is 1. The number of anilines is 2. The van der Waals surface area contributed by atoms with Gasteiger partial charge in [-0.3, -0.25) is 28.5 Å². The van der Waals surface area contributed by atoms with E-state index in [1.807, 2.05) is 13.0 Å². The van der Waals surface area contributed by atoms with E-state index in [9.17, 15) is 19.2 Å². The lowest BCUT2D eigenvalue weighted by Crippen LogP contribution is -2.41. The van der Waals surface area contributed by atoms with Crippen LogP contribution in [0.15, 0.2) is 49.4 Å². The van der Waals surface area contributed by atoms with Crippen molar-refractivity contribution in [2.75, 3.05) is 17.7 Å². The highest BCUT2D eigenvalue weighted by atomic mass is 16.3. The lowest BCUT2D eigenvalue weighted by molar-refractivity contribution is -0.118. The number of nitrogen functional groups attached to an aromatic ring is 1. The minimum absolute atomic E-state index is 0.0367. The largest absolute Gasteiger partial charge is 0.448 e. The van der Waals surface area contributed by atoms with Crippen LogP contribution in [0.3, 0.4) is 0 Å². The molecule has 166 valence electrons. The van der Waals surface area contributed by atoms with Crippen LogP contribution in [0, 0.1) is 0 Å². The molecule has 0 spiro atoms. The molecule has 11 heteroatoms. The van der Waals surface area contributed by atoms with Crippen molar-refractivity contribution < 1.29 is 9.21 Å². The normalized spacial score (nSPS) is 11.3. The maximum atomic E-state index is 12.9. The summed E-state index contributed by atoms with van der Waals surface area (Å²) in [6.45, 7) is 1.86. The molecule has 0 bridgehead atoms. The molecule has 0 aliphatic heterocycles. The highest BCUT2D eigenvalue weighted by Crippen LogP contribution is 2.24. The Hall–Kier alpha value is -4.15. The fourth-order valence-corrected chi connectivity index (χ4v) is 3.54. The Kier molecular flexibility index (Phi) is 5.39. The Bertz CT molecular complexity index is 1510. The van der Waals surface area contributed by atoms with Gasteiger partial charge in [0, 0.05) is 19.0 Å². The summed E-state index contributed by atoms with van der Waals surface area (Å²) in [5.74, 6) is -0.705. The van der Waals surface area contributed by atoms with Crippen LogP contribution in [-0.2, 0) is 17.9 Å². The average molecular weight is 438 g/mol. The van der Waals surface area contributed by atoms with Gasteiger partial charge in [-0.2, -0.15) is 0 Å². The van der Waals surface area contributed by atoms with Gasteiger partial charge in [-0.1, -0.05) is 25.5 Å². The Morgan fingerprint density at radius 3 is 2.75 bits per heavy atom. The van der Waals surface area contributed by atoms with Crippen LogP contribution in [0.4, 0.5) is 11.5 Å². The SMILES string of the molecule is CCCCn1c(N)c(N(C)C(=O)Cn2cnc3c(oc4ccccc43)c2=O)c(=O)[nH]c1=O. The molecule has 1 amide bonds. The predicted molar refractivity (Wildman–Crippen MR) is 120 cm³/mol. The topological polar surface area (TPSA) is 149 Å². The second-order valence-corrected chi connectivity index (χ2v) is 7.40. The van der Waals surface area contributed by atoms with Gasteiger partial charge < -0.3 is 15.1 Å². The number of furan rings is 1. The molecule has 3 aromatic heterocycles. The summed E-state index contributed by atoms with van der Waals surface area (Å²) < 4.78 is 7.94. The second kappa shape index (κ2) is 8.17. The first-order valence-corrected chi connectivity index (χ1v) is 10.1. The minimum atomic E-state index is -0.783. The third kappa shape index (κ3) is 3.47. The highest BCUT2D eigenvalue weighted by Gasteiger charge is 2.22. The van der Waals surface area contributed by atoms with Crippen LogP contribution < -0.4 is 27.4 Å². The first-order valence-electron chi connectivity index (χ1n) is 10.1. The maximum absolute atomic E-state index is 12.9. The molecule has 4 rings (SSSR count). The van der Waals surface area contributed by atoms with Gasteiger partial charge in [0.25, 0.3) is 11.1 Å². The number of benzene rings is 1. The fraction of sp³-hybridized carbons (Fsp3) is 0.286. The van der Waals surface area contributed by atoms with Crippen LogP contribution in [-0.4, -0.2) is 32.1 Å². The van der Waals surface area contributed by atoms with Gasteiger partial charge in [0.2, 0.25) is 11.5 Å². The van der Waals surface area contributed by atoms with E-state index >= 15 is 0 Å². The van der Waals surface area contributed by atoms with Gasteiger partial charge in [0.1, 0.15) is 23.5 Å². The Morgan fingerprint density at radius 1 is 1.25 bits per heavy atom. The summed E-state index contributed by atoms with van der Waals surface area (Å²) in [6.07, 6.45) is 2.75. The molecule has 11 nitrogen and oxygen atoms in total. The maximum Gasteiger partial charge on any atom is 0.330 e. The molecular formula is C21H22N6O5. The fourth-order valence-electron chi connectivity index (χ4n) is 3.54. The lowest BCUT2D eigenvalue weighted by atomic mass is 10.2. The summed E-state index contributed by atoms with van der Waals surface area (Å²) in [5.41, 5.74) is 4.92. The molecular weight excluding hydrogens is 416 g/mol. The first-order chi connectivity index (χ1) is 15.3. The van der Waals surface area contributed by atoms with E-state index in [4.69, 9.17) is 10.2 Å². The summed E-state index contributed by atoms with van der Waals surface area (Å²) in [4.78, 5) is 57.7. The van der Waals surface area contributed by atoms with Crippen LogP contribution in [0.2, 0.25) is 0 Å². The van der Waals surface area contributed by atoms with E-state index in [1.165, 1.54) is 17.9 Å². The molecule has 0 fully saturated rings. The van der Waals surface area contributed by atoms with E-state index in [2.05, 4.69) is 9.97 Å². The minimum Gasteiger partial charge on any atom is -0.448 e. The van der Waals surface area contributed by atoms with Gasteiger partial charge in [0.05, 0.1) is 6.33 Å². The van der Waals surface area contributed by atoms with Gasteiger partial charge in [-0.15, -0.1) is 0 Å². The zero-order chi connectivity index (χ0) is 23.0. The summed E-state index contributed by atoms with van der Waals surface area (Å²) in [6, 6.07) is 7.11. The van der Waals surface area contributed by atoms with Crippen molar-refractivity contribution in [3.05, 3.63) is 61.8 Å². The quantitative estimate of drug-likeness (QED) is 0.457. The molecule has 1 aromatic carbocycles. The zero-order valence-electron chi connectivity index (χ0n) is 17.6. The Labute approximate surface area is 180 Å². The van der Waals surface area contributed by atoms with E-state index in [1.54, 1.807) is 18.2 Å². The third-order valence-corrected chi connectivity index (χ3v) is 5.32. The number of hydrogen-bond donors (Lipinski definition) is 2. The van der Waals surface area contributed by atoms with Crippen LogP contribution in [0.1, 0.15) is 19.8 Å². The lowest BCUT2D eigenvalue weighted by Gasteiger charge is -2.20. The number of aromatic nitrogens is 4. The van der Waals surface area contributed by atoms with E-state index < -0.39 is 29.3 Å². The number of nitrogens with two attached hydrogens (primary N) is 1. The number of carbonyl (C=O) groups is 1. The number of likely N-dealkylation sites (N-methyl/N-ethyl adjacent to an activating group) is 1. The first kappa shape index (κ1) is 21.1. The molecule has 0 unspecified atom stereocenters. The van der Waals surface area contributed by atoms with Gasteiger partial charge in [0.15, 0.2) is 5.69 Å². The van der Waals surface area contributed by atoms with Crippen molar-refractivity contribution in [3.63, 3.8) is 0 Å². The third-order valence-electron chi connectivity index (χ3n) is 5.32. The molecule has 0 saturated heterocycles. The number of hydrogen-bond acceptors (Lipinski definition) is 7. The molecule has 0 aliphatic carbocycles. The van der Waals surface area contributed by atoms with Crippen molar-refractivity contribution in [1.29, 1.82) is 0 Å². The molecule has 0 atom stereocenters. The highest BCUT2D eigenvalue weighted by molar-refractivity contribution is 6.02. The second-order valence-electron chi connectivity index (χ2n) is 7.40. The van der Waals surface area contributed by atoms with Gasteiger partial charge in [-0.25, -0.2) is 9.78 Å². The van der Waals surface area contributed by atoms with Crippen molar-refractivity contribution in [2.24, 2.45) is 0 Å². The molecule has 3 N–H and O–H groups in total. The molecule has 4 aromatic rings. The number of rotatable bonds is 6. The zero-order valence-corrected chi connectivity index (χ0v) is 17.6. The Morgan fingerprint density at radius 2 is 2.00 bits per heavy atom. The van der Waals surface area contributed by atoms with Crippen LogP contribution in [0.5, 0.6) is 0 Å². The van der Waals surface area contributed by atoms with Gasteiger partial charge in [-0.05, 0) is 18.6 Å². The Balaban J connectivity index is 1.69. The van der Waals surface area contributed by atoms with E-state index in [0.717, 1.165) is 15.9 Å². The van der Waals surface area contributed by atoms with Crippen molar-refractivity contribution in [2.45, 2.75) is 32.9 Å². The van der Waals surface area contributed by atoms with Crippen LogP contribution in [0.25, 0.3) is 22.1 Å². The number of nitrogens with zero attached hydrogens (tertiary/aromatic N) is 4. The standard InChI is InChI=1S/C21H22N6O5/c1-3-4-9-27-18(22)16(19(29)24-21(27)31)25(2)14(28)10-26-11-23-15-12-7-5-6-8-13(12)32-17(15)20(26)30/h5-8,11H,3-4,9-10,22H2,1-2H3,(H,24,29,31). The van der Waals surface area contributed by atoms with E-state index in [-0.39, 0.29) is 17.1 Å². The smallest absolute Gasteiger partial charge is 0.330 e. The van der Waals surface area contributed by atoms with E-state index in [0.29, 0.717) is 29.5 Å². The molecule has 0 radical (unpaired) electrons. The number of H-pyrrole nitrogens is 1. The molecule has 3 heterocycles. The monoisotopic (exact) mass is 438 g/mol. The average Bonchev–Trinajstić information content (AvgIpc) is 3.14. The summed E-state index contributed by atoms with van der Waals surface area (Å²) in [5, 5.41) is 0.698. The summed E-state index contributed by atoms with van der Waals surface area (Å²) >= 11 is 0.